The van der Waals surface area contributed by atoms with E-state index in [9.17, 15) is 4.79 Å². The fourth-order valence-electron chi connectivity index (χ4n) is 2.45. The third kappa shape index (κ3) is 4.70. The van der Waals surface area contributed by atoms with Crippen molar-refractivity contribution in [2.45, 2.75) is 33.1 Å². The third-order valence-electron chi connectivity index (χ3n) is 3.66. The average molecular weight is 291 g/mol. The van der Waals surface area contributed by atoms with E-state index in [1.807, 2.05) is 13.0 Å². The predicted molar refractivity (Wildman–Crippen MR) is 83.6 cm³/mol. The van der Waals surface area contributed by atoms with E-state index in [0.29, 0.717) is 18.0 Å². The van der Waals surface area contributed by atoms with Crippen LogP contribution in [0.15, 0.2) is 12.3 Å². The number of hydrogen-bond donors (Lipinski definition) is 2. The van der Waals surface area contributed by atoms with Gasteiger partial charge in [0.25, 0.3) is 5.91 Å². The lowest BCUT2D eigenvalue weighted by Crippen LogP contribution is -2.33. The lowest BCUT2D eigenvalue weighted by Gasteiger charge is -2.22. The van der Waals surface area contributed by atoms with E-state index in [4.69, 9.17) is 4.74 Å². The number of pyridine rings is 1. The first-order valence-corrected chi connectivity index (χ1v) is 7.77. The van der Waals surface area contributed by atoms with Crippen LogP contribution in [0.25, 0.3) is 0 Å². The Kier molecular flexibility index (Phi) is 5.99. The SMILES string of the molecule is CCCNc1cc(C)ncc1C(=O)NCC1CCCOC1. The molecule has 1 aliphatic rings. The Morgan fingerprint density at radius 1 is 1.52 bits per heavy atom. The van der Waals surface area contributed by atoms with Gasteiger partial charge in [-0.05, 0) is 38.2 Å². The number of amides is 1. The molecule has 1 amide bonds. The minimum absolute atomic E-state index is 0.0633. The van der Waals surface area contributed by atoms with Crippen molar-refractivity contribution in [3.05, 3.63) is 23.5 Å². The number of aromatic nitrogens is 1. The summed E-state index contributed by atoms with van der Waals surface area (Å²) >= 11 is 0. The van der Waals surface area contributed by atoms with Crippen LogP contribution in [-0.4, -0.2) is 37.2 Å². The number of anilines is 1. The zero-order chi connectivity index (χ0) is 15.1. The van der Waals surface area contributed by atoms with Crippen LogP contribution in [0.3, 0.4) is 0 Å². The maximum absolute atomic E-state index is 12.4. The molecule has 0 saturated carbocycles. The molecule has 2 heterocycles. The van der Waals surface area contributed by atoms with E-state index in [1.165, 1.54) is 0 Å². The predicted octanol–water partition coefficient (Wildman–Crippen LogP) is 2.37. The van der Waals surface area contributed by atoms with Gasteiger partial charge in [0.05, 0.1) is 17.9 Å². The van der Waals surface area contributed by atoms with E-state index in [0.717, 1.165) is 50.4 Å². The summed E-state index contributed by atoms with van der Waals surface area (Å²) in [5.74, 6) is 0.361. The number of carbonyl (C=O) groups is 1. The first-order valence-electron chi connectivity index (χ1n) is 7.77. The number of nitrogens with one attached hydrogen (secondary N) is 2. The molecule has 1 unspecified atom stereocenters. The van der Waals surface area contributed by atoms with Gasteiger partial charge in [0.2, 0.25) is 0 Å². The quantitative estimate of drug-likeness (QED) is 0.844. The molecule has 1 aromatic rings. The van der Waals surface area contributed by atoms with Crippen LogP contribution in [0.2, 0.25) is 0 Å². The molecule has 0 aromatic carbocycles. The molecule has 1 atom stereocenters. The summed E-state index contributed by atoms with van der Waals surface area (Å²) in [7, 11) is 0. The normalized spacial score (nSPS) is 18.3. The van der Waals surface area contributed by atoms with Crippen molar-refractivity contribution in [1.82, 2.24) is 10.3 Å². The highest BCUT2D eigenvalue weighted by Gasteiger charge is 2.17. The number of carbonyl (C=O) groups excluding carboxylic acids is 1. The summed E-state index contributed by atoms with van der Waals surface area (Å²) in [5, 5.41) is 6.30. The van der Waals surface area contributed by atoms with Crippen LogP contribution in [0.1, 0.15) is 42.2 Å². The van der Waals surface area contributed by atoms with Crippen molar-refractivity contribution in [2.75, 3.05) is 31.6 Å². The molecular weight excluding hydrogens is 266 g/mol. The van der Waals surface area contributed by atoms with Crippen LogP contribution in [-0.2, 0) is 4.74 Å². The number of nitrogens with zero attached hydrogens (tertiary/aromatic N) is 1. The van der Waals surface area contributed by atoms with Gasteiger partial charge in [-0.15, -0.1) is 0 Å². The second kappa shape index (κ2) is 7.98. The number of ether oxygens (including phenoxy) is 1. The minimum atomic E-state index is -0.0633. The average Bonchev–Trinajstić information content (AvgIpc) is 2.51. The lowest BCUT2D eigenvalue weighted by atomic mass is 10.0. The summed E-state index contributed by atoms with van der Waals surface area (Å²) in [4.78, 5) is 16.6. The summed E-state index contributed by atoms with van der Waals surface area (Å²) in [6.45, 7) is 7.13. The lowest BCUT2D eigenvalue weighted by molar-refractivity contribution is 0.0536. The summed E-state index contributed by atoms with van der Waals surface area (Å²) in [6, 6.07) is 1.92. The molecule has 21 heavy (non-hydrogen) atoms. The Bertz CT molecular complexity index is 471. The van der Waals surface area contributed by atoms with Crippen molar-refractivity contribution in [3.8, 4) is 0 Å². The van der Waals surface area contributed by atoms with Crippen molar-refractivity contribution in [3.63, 3.8) is 0 Å². The van der Waals surface area contributed by atoms with Crippen LogP contribution >= 0.6 is 0 Å². The Labute approximate surface area is 126 Å². The monoisotopic (exact) mass is 291 g/mol. The van der Waals surface area contributed by atoms with Gasteiger partial charge >= 0.3 is 0 Å². The number of aryl methyl sites for hydroxylation is 1. The molecular formula is C16H25N3O2. The van der Waals surface area contributed by atoms with Crippen LogP contribution in [0, 0.1) is 12.8 Å². The fraction of sp³-hybridized carbons (Fsp3) is 0.625. The third-order valence-corrected chi connectivity index (χ3v) is 3.66. The number of rotatable bonds is 6. The summed E-state index contributed by atoms with van der Waals surface area (Å²) < 4.78 is 5.44. The van der Waals surface area contributed by atoms with E-state index in [1.54, 1.807) is 6.20 Å². The molecule has 5 heteroatoms. The van der Waals surface area contributed by atoms with Crippen LogP contribution in [0.5, 0.6) is 0 Å². The maximum Gasteiger partial charge on any atom is 0.254 e. The highest BCUT2D eigenvalue weighted by molar-refractivity contribution is 5.99. The Hall–Kier alpha value is -1.62. The van der Waals surface area contributed by atoms with Gasteiger partial charge in [-0.2, -0.15) is 0 Å². The van der Waals surface area contributed by atoms with Gasteiger partial charge in [0.15, 0.2) is 0 Å². The summed E-state index contributed by atoms with van der Waals surface area (Å²) in [5.41, 5.74) is 2.39. The van der Waals surface area contributed by atoms with E-state index >= 15 is 0 Å². The van der Waals surface area contributed by atoms with E-state index < -0.39 is 0 Å². The first kappa shape index (κ1) is 15.8. The maximum atomic E-state index is 12.4. The van der Waals surface area contributed by atoms with Gasteiger partial charge in [0, 0.05) is 31.6 Å². The van der Waals surface area contributed by atoms with Crippen LogP contribution in [0.4, 0.5) is 5.69 Å². The topological polar surface area (TPSA) is 63.2 Å². The molecule has 0 aliphatic carbocycles. The molecule has 0 bridgehead atoms. The Morgan fingerprint density at radius 3 is 3.10 bits per heavy atom. The molecule has 2 rings (SSSR count). The smallest absolute Gasteiger partial charge is 0.254 e. The van der Waals surface area contributed by atoms with E-state index in [-0.39, 0.29) is 5.91 Å². The van der Waals surface area contributed by atoms with Gasteiger partial charge in [-0.3, -0.25) is 9.78 Å². The molecule has 116 valence electrons. The van der Waals surface area contributed by atoms with Gasteiger partial charge in [-0.1, -0.05) is 6.92 Å². The molecule has 0 radical (unpaired) electrons. The second-order valence-electron chi connectivity index (χ2n) is 5.59. The number of hydrogen-bond acceptors (Lipinski definition) is 4. The zero-order valence-corrected chi connectivity index (χ0v) is 12.9. The molecule has 1 aromatic heterocycles. The molecule has 2 N–H and O–H groups in total. The van der Waals surface area contributed by atoms with Crippen molar-refractivity contribution in [1.29, 1.82) is 0 Å². The van der Waals surface area contributed by atoms with Crippen molar-refractivity contribution in [2.24, 2.45) is 5.92 Å². The molecule has 1 aliphatic heterocycles. The van der Waals surface area contributed by atoms with Crippen LogP contribution < -0.4 is 10.6 Å². The van der Waals surface area contributed by atoms with Gasteiger partial charge in [-0.25, -0.2) is 0 Å². The van der Waals surface area contributed by atoms with Gasteiger partial charge < -0.3 is 15.4 Å². The molecule has 0 spiro atoms. The Morgan fingerprint density at radius 2 is 2.38 bits per heavy atom. The zero-order valence-electron chi connectivity index (χ0n) is 12.9. The van der Waals surface area contributed by atoms with Gasteiger partial charge in [0.1, 0.15) is 0 Å². The molecule has 1 saturated heterocycles. The molecule has 5 nitrogen and oxygen atoms in total. The molecule has 1 fully saturated rings. The highest BCUT2D eigenvalue weighted by atomic mass is 16.5. The van der Waals surface area contributed by atoms with Crippen molar-refractivity contribution < 1.29 is 9.53 Å². The standard InChI is InChI=1S/C16H25N3O2/c1-3-6-17-15-8-12(2)18-10-14(15)16(20)19-9-13-5-4-7-21-11-13/h8,10,13H,3-7,9,11H2,1-2H3,(H,17,18)(H,19,20). The minimum Gasteiger partial charge on any atom is -0.384 e. The fourth-order valence-corrected chi connectivity index (χ4v) is 2.45. The first-order chi connectivity index (χ1) is 10.2. The second-order valence-corrected chi connectivity index (χ2v) is 5.59. The largest absolute Gasteiger partial charge is 0.384 e. The highest BCUT2D eigenvalue weighted by Crippen LogP contribution is 2.17. The van der Waals surface area contributed by atoms with Crippen molar-refractivity contribution >= 4 is 11.6 Å². The Balaban J connectivity index is 1.96. The summed E-state index contributed by atoms with van der Waals surface area (Å²) in [6.07, 6.45) is 4.87. The van der Waals surface area contributed by atoms with E-state index in [2.05, 4.69) is 22.5 Å².